The molecular formula is C23H22N4O3S2. The van der Waals surface area contributed by atoms with Gasteiger partial charge in [-0.05, 0) is 54.3 Å². The van der Waals surface area contributed by atoms with Crippen molar-refractivity contribution in [3.63, 3.8) is 0 Å². The Labute approximate surface area is 190 Å². The number of imidazole rings is 1. The van der Waals surface area contributed by atoms with Crippen molar-refractivity contribution in [3.05, 3.63) is 101 Å². The van der Waals surface area contributed by atoms with Crippen LogP contribution in [0.4, 0.5) is 0 Å². The highest BCUT2D eigenvalue weighted by atomic mass is 32.2. The molecule has 0 radical (unpaired) electrons. The molecule has 0 aliphatic rings. The average molecular weight is 467 g/mol. The maximum atomic E-state index is 12.8. The first-order valence-electron chi connectivity index (χ1n) is 9.94. The molecule has 0 saturated heterocycles. The Morgan fingerprint density at radius 1 is 1.12 bits per heavy atom. The summed E-state index contributed by atoms with van der Waals surface area (Å²) in [6.45, 7) is 2.09. The van der Waals surface area contributed by atoms with Gasteiger partial charge in [0.2, 0.25) is 10.0 Å². The summed E-state index contributed by atoms with van der Waals surface area (Å²) in [5.41, 5.74) is 2.19. The molecule has 2 aromatic heterocycles. The lowest BCUT2D eigenvalue weighted by Crippen LogP contribution is -2.27. The molecule has 32 heavy (non-hydrogen) atoms. The highest BCUT2D eigenvalue weighted by molar-refractivity contribution is 7.89. The van der Waals surface area contributed by atoms with Crippen LogP contribution in [0.2, 0.25) is 0 Å². The van der Waals surface area contributed by atoms with Crippen LogP contribution < -0.4 is 10.0 Å². The minimum atomic E-state index is -3.73. The smallest absolute Gasteiger partial charge is 0.251 e. The molecule has 7 nitrogen and oxygen atoms in total. The van der Waals surface area contributed by atoms with Crippen molar-refractivity contribution in [3.8, 4) is 5.69 Å². The molecule has 0 fully saturated rings. The summed E-state index contributed by atoms with van der Waals surface area (Å²) in [6, 6.07) is 17.3. The Kier molecular flexibility index (Phi) is 6.50. The van der Waals surface area contributed by atoms with Gasteiger partial charge in [-0.25, -0.2) is 18.1 Å². The first kappa shape index (κ1) is 21.9. The molecule has 4 aromatic rings. The van der Waals surface area contributed by atoms with Crippen molar-refractivity contribution in [2.45, 2.75) is 24.4 Å². The van der Waals surface area contributed by atoms with E-state index in [1.54, 1.807) is 24.7 Å². The van der Waals surface area contributed by atoms with Gasteiger partial charge in [-0.1, -0.05) is 24.3 Å². The van der Waals surface area contributed by atoms with Crippen LogP contribution in [0.15, 0.2) is 89.7 Å². The van der Waals surface area contributed by atoms with Gasteiger partial charge >= 0.3 is 0 Å². The number of amides is 1. The summed E-state index contributed by atoms with van der Waals surface area (Å²) in [4.78, 5) is 17.8. The van der Waals surface area contributed by atoms with Crippen LogP contribution in [-0.2, 0) is 16.6 Å². The highest BCUT2D eigenvalue weighted by Gasteiger charge is 2.17. The second kappa shape index (κ2) is 9.47. The number of hydrogen-bond acceptors (Lipinski definition) is 5. The third-order valence-corrected chi connectivity index (χ3v) is 7.24. The molecule has 0 unspecified atom stereocenters. The fourth-order valence-corrected chi connectivity index (χ4v) is 4.97. The summed E-state index contributed by atoms with van der Waals surface area (Å²) in [5, 5.41) is 4.82. The minimum absolute atomic E-state index is 0.0547. The van der Waals surface area contributed by atoms with Crippen LogP contribution in [0.1, 0.15) is 33.8 Å². The van der Waals surface area contributed by atoms with E-state index < -0.39 is 10.0 Å². The Hall–Kier alpha value is -3.27. The van der Waals surface area contributed by atoms with Crippen LogP contribution in [-0.4, -0.2) is 23.9 Å². The number of carbonyl (C=O) groups excluding carboxylic acids is 1. The van der Waals surface area contributed by atoms with Crippen molar-refractivity contribution >= 4 is 27.3 Å². The molecule has 1 atom stereocenters. The third kappa shape index (κ3) is 5.13. The van der Waals surface area contributed by atoms with Crippen molar-refractivity contribution in [1.29, 1.82) is 0 Å². The highest BCUT2D eigenvalue weighted by Crippen LogP contribution is 2.18. The van der Waals surface area contributed by atoms with E-state index in [-0.39, 0.29) is 29.0 Å². The van der Waals surface area contributed by atoms with Gasteiger partial charge in [0.05, 0.1) is 17.3 Å². The van der Waals surface area contributed by atoms with Crippen molar-refractivity contribution in [1.82, 2.24) is 19.6 Å². The number of thiophene rings is 1. The number of nitrogens with one attached hydrogen (secondary N) is 2. The standard InChI is InChI=1S/C23H22N4O3S2/c1-17(18-7-9-20(10-8-18)27-12-11-24-16-27)26-23(28)19-4-2-6-22(14-19)32(29,30)25-15-21-5-3-13-31-21/h2-14,16-17,25H,15H2,1H3,(H,26,28)/t17-/m1/s1. The Bertz CT molecular complexity index is 1280. The topological polar surface area (TPSA) is 93.1 Å². The number of aromatic nitrogens is 2. The van der Waals surface area contributed by atoms with E-state index in [0.29, 0.717) is 0 Å². The van der Waals surface area contributed by atoms with E-state index in [4.69, 9.17) is 0 Å². The lowest BCUT2D eigenvalue weighted by molar-refractivity contribution is 0.0939. The number of hydrogen-bond donors (Lipinski definition) is 2. The quantitative estimate of drug-likeness (QED) is 0.412. The van der Waals surface area contributed by atoms with E-state index in [1.807, 2.05) is 59.5 Å². The fourth-order valence-electron chi connectivity index (χ4n) is 3.18. The number of benzene rings is 2. The van der Waals surface area contributed by atoms with Gasteiger partial charge in [-0.2, -0.15) is 0 Å². The van der Waals surface area contributed by atoms with Crippen LogP contribution in [0.25, 0.3) is 5.69 Å². The molecule has 2 N–H and O–H groups in total. The largest absolute Gasteiger partial charge is 0.346 e. The van der Waals surface area contributed by atoms with Crippen LogP contribution >= 0.6 is 11.3 Å². The fraction of sp³-hybridized carbons (Fsp3) is 0.130. The summed E-state index contributed by atoms with van der Waals surface area (Å²) < 4.78 is 29.7. The molecule has 164 valence electrons. The zero-order chi connectivity index (χ0) is 22.6. The lowest BCUT2D eigenvalue weighted by atomic mass is 10.1. The Balaban J connectivity index is 1.43. The average Bonchev–Trinajstić information content (AvgIpc) is 3.52. The molecule has 0 aliphatic heterocycles. The summed E-state index contributed by atoms with van der Waals surface area (Å²) in [5.74, 6) is -0.341. The van der Waals surface area contributed by atoms with Gasteiger partial charge in [0.25, 0.3) is 5.91 Å². The van der Waals surface area contributed by atoms with Gasteiger partial charge < -0.3 is 9.88 Å². The molecule has 2 aromatic carbocycles. The number of nitrogens with zero attached hydrogens (tertiary/aromatic N) is 2. The number of rotatable bonds is 8. The zero-order valence-electron chi connectivity index (χ0n) is 17.3. The maximum Gasteiger partial charge on any atom is 0.251 e. The summed E-state index contributed by atoms with van der Waals surface area (Å²) in [7, 11) is -3.73. The molecule has 2 heterocycles. The molecule has 0 saturated carbocycles. The second-order valence-corrected chi connectivity index (χ2v) is 9.99. The van der Waals surface area contributed by atoms with Gasteiger partial charge in [-0.3, -0.25) is 4.79 Å². The summed E-state index contributed by atoms with van der Waals surface area (Å²) >= 11 is 1.48. The van der Waals surface area contributed by atoms with Crippen molar-refractivity contribution in [2.75, 3.05) is 0 Å². The van der Waals surface area contributed by atoms with Crippen molar-refractivity contribution in [2.24, 2.45) is 0 Å². The first-order chi connectivity index (χ1) is 15.4. The molecule has 0 bridgehead atoms. The molecule has 0 aliphatic carbocycles. The second-order valence-electron chi connectivity index (χ2n) is 7.19. The lowest BCUT2D eigenvalue weighted by Gasteiger charge is -2.15. The van der Waals surface area contributed by atoms with Gasteiger partial charge in [0.15, 0.2) is 0 Å². The molecule has 4 rings (SSSR count). The molecule has 9 heteroatoms. The molecular weight excluding hydrogens is 444 g/mol. The number of carbonyl (C=O) groups is 1. The summed E-state index contributed by atoms with van der Waals surface area (Å²) in [6.07, 6.45) is 5.29. The predicted molar refractivity (Wildman–Crippen MR) is 124 cm³/mol. The minimum Gasteiger partial charge on any atom is -0.346 e. The Morgan fingerprint density at radius 3 is 2.62 bits per heavy atom. The van der Waals surface area contributed by atoms with Crippen LogP contribution in [0.5, 0.6) is 0 Å². The van der Waals surface area contributed by atoms with Crippen LogP contribution in [0.3, 0.4) is 0 Å². The Morgan fingerprint density at radius 2 is 1.94 bits per heavy atom. The van der Waals surface area contributed by atoms with Gasteiger partial charge in [0.1, 0.15) is 0 Å². The maximum absolute atomic E-state index is 12.8. The van der Waals surface area contributed by atoms with E-state index >= 15 is 0 Å². The van der Waals surface area contributed by atoms with Gasteiger partial charge in [0, 0.05) is 35.1 Å². The van der Waals surface area contributed by atoms with Crippen molar-refractivity contribution < 1.29 is 13.2 Å². The van der Waals surface area contributed by atoms with Crippen LogP contribution in [0, 0.1) is 0 Å². The van der Waals surface area contributed by atoms with E-state index in [0.717, 1.165) is 16.1 Å². The zero-order valence-corrected chi connectivity index (χ0v) is 18.9. The first-order valence-corrected chi connectivity index (χ1v) is 12.3. The third-order valence-electron chi connectivity index (χ3n) is 4.97. The van der Waals surface area contributed by atoms with E-state index in [2.05, 4.69) is 15.0 Å². The van der Waals surface area contributed by atoms with Gasteiger partial charge in [-0.15, -0.1) is 11.3 Å². The SMILES string of the molecule is C[C@@H](NC(=O)c1cccc(S(=O)(=O)NCc2cccs2)c1)c1ccc(-n2ccnc2)cc1. The normalized spacial score (nSPS) is 12.4. The number of sulfonamides is 1. The molecule has 0 spiro atoms. The monoisotopic (exact) mass is 466 g/mol. The van der Waals surface area contributed by atoms with E-state index in [9.17, 15) is 13.2 Å². The predicted octanol–water partition coefficient (Wildman–Crippen LogP) is 3.90. The molecule has 1 amide bonds. The van der Waals surface area contributed by atoms with E-state index in [1.165, 1.54) is 23.5 Å².